The summed E-state index contributed by atoms with van der Waals surface area (Å²) in [5, 5.41) is 3.54. The standard InChI is InChI=1S/C17H25NO2S/c1-5-20-15(19)17(12-21-11-10-16(17,3)4)18-14-9-7-6-8-13(14)2/h6-9,18H,5,10-12H2,1-4H3. The molecule has 2 rings (SSSR count). The quantitative estimate of drug-likeness (QED) is 0.857. The van der Waals surface area contributed by atoms with E-state index in [1.807, 2.05) is 36.9 Å². The van der Waals surface area contributed by atoms with Crippen LogP contribution in [-0.4, -0.2) is 29.6 Å². The highest BCUT2D eigenvalue weighted by Gasteiger charge is 2.54. The van der Waals surface area contributed by atoms with E-state index in [1.165, 1.54) is 0 Å². The molecule has 1 unspecified atom stereocenters. The van der Waals surface area contributed by atoms with Gasteiger partial charge < -0.3 is 10.1 Å². The first-order valence-corrected chi connectivity index (χ1v) is 8.67. The van der Waals surface area contributed by atoms with E-state index in [9.17, 15) is 4.79 Å². The van der Waals surface area contributed by atoms with Crippen molar-refractivity contribution >= 4 is 23.4 Å². The minimum atomic E-state index is -0.669. The number of esters is 1. The SMILES string of the molecule is CCOC(=O)C1(Nc2ccccc2C)CSCCC1(C)C. The van der Waals surface area contributed by atoms with Crippen LogP contribution in [0.25, 0.3) is 0 Å². The molecule has 0 saturated carbocycles. The van der Waals surface area contributed by atoms with Gasteiger partial charge in [-0.25, -0.2) is 4.79 Å². The molecule has 0 amide bonds. The predicted octanol–water partition coefficient (Wildman–Crippen LogP) is 3.87. The van der Waals surface area contributed by atoms with Crippen LogP contribution in [0, 0.1) is 12.3 Å². The lowest BCUT2D eigenvalue weighted by molar-refractivity contribution is -0.152. The zero-order chi connectivity index (χ0) is 15.5. The van der Waals surface area contributed by atoms with Crippen LogP contribution >= 0.6 is 11.8 Å². The van der Waals surface area contributed by atoms with Gasteiger partial charge in [0.1, 0.15) is 5.54 Å². The van der Waals surface area contributed by atoms with E-state index in [-0.39, 0.29) is 11.4 Å². The lowest BCUT2D eigenvalue weighted by Crippen LogP contribution is -2.62. The summed E-state index contributed by atoms with van der Waals surface area (Å²) < 4.78 is 5.42. The zero-order valence-corrected chi connectivity index (χ0v) is 14.2. The number of nitrogens with one attached hydrogen (secondary N) is 1. The third kappa shape index (κ3) is 3.05. The number of para-hydroxylation sites is 1. The first-order chi connectivity index (χ1) is 9.93. The molecule has 0 aliphatic carbocycles. The van der Waals surface area contributed by atoms with Gasteiger partial charge in [0.2, 0.25) is 0 Å². The van der Waals surface area contributed by atoms with Gasteiger partial charge in [-0.2, -0.15) is 11.8 Å². The fraction of sp³-hybridized carbons (Fsp3) is 0.588. The van der Waals surface area contributed by atoms with E-state index in [4.69, 9.17) is 4.74 Å². The number of carbonyl (C=O) groups excluding carboxylic acids is 1. The van der Waals surface area contributed by atoms with Crippen molar-refractivity contribution in [1.82, 2.24) is 0 Å². The third-order valence-corrected chi connectivity index (χ3v) is 5.59. The Morgan fingerprint density at radius 2 is 2.10 bits per heavy atom. The Bertz CT molecular complexity index is 515. The van der Waals surface area contributed by atoms with Crippen LogP contribution in [0.15, 0.2) is 24.3 Å². The number of ether oxygens (including phenoxy) is 1. The number of hydrogen-bond donors (Lipinski definition) is 1. The molecular formula is C17H25NO2S. The van der Waals surface area contributed by atoms with Crippen LogP contribution in [0.1, 0.15) is 32.8 Å². The maximum Gasteiger partial charge on any atom is 0.333 e. The van der Waals surface area contributed by atoms with Crippen LogP contribution in [0.2, 0.25) is 0 Å². The van der Waals surface area contributed by atoms with Gasteiger partial charge in [-0.1, -0.05) is 32.0 Å². The molecule has 1 aliphatic rings. The fourth-order valence-corrected chi connectivity index (χ4v) is 4.44. The van der Waals surface area contributed by atoms with Crippen molar-refractivity contribution in [2.75, 3.05) is 23.4 Å². The number of benzene rings is 1. The predicted molar refractivity (Wildman–Crippen MR) is 89.9 cm³/mol. The highest BCUT2D eigenvalue weighted by atomic mass is 32.2. The molecule has 1 fully saturated rings. The minimum absolute atomic E-state index is 0.134. The second-order valence-corrected chi connectivity index (χ2v) is 7.36. The summed E-state index contributed by atoms with van der Waals surface area (Å²) in [5.41, 5.74) is 1.35. The van der Waals surface area contributed by atoms with E-state index in [0.29, 0.717) is 6.61 Å². The zero-order valence-electron chi connectivity index (χ0n) is 13.4. The van der Waals surface area contributed by atoms with Gasteiger partial charge in [0, 0.05) is 16.9 Å². The molecule has 116 valence electrons. The molecule has 1 heterocycles. The van der Waals surface area contributed by atoms with Crippen LogP contribution < -0.4 is 5.32 Å². The van der Waals surface area contributed by atoms with Crippen LogP contribution in [-0.2, 0) is 9.53 Å². The lowest BCUT2D eigenvalue weighted by atomic mass is 9.70. The Morgan fingerprint density at radius 1 is 1.38 bits per heavy atom. The van der Waals surface area contributed by atoms with E-state index >= 15 is 0 Å². The topological polar surface area (TPSA) is 38.3 Å². The van der Waals surface area contributed by atoms with Gasteiger partial charge in [0.05, 0.1) is 6.61 Å². The Balaban J connectivity index is 2.41. The Kier molecular flexibility index (Phi) is 4.87. The van der Waals surface area contributed by atoms with Gasteiger partial charge >= 0.3 is 5.97 Å². The van der Waals surface area contributed by atoms with E-state index < -0.39 is 5.54 Å². The monoisotopic (exact) mass is 307 g/mol. The molecule has 0 spiro atoms. The second-order valence-electron chi connectivity index (χ2n) is 6.25. The molecule has 1 N–H and O–H groups in total. The fourth-order valence-electron chi connectivity index (χ4n) is 2.75. The van der Waals surface area contributed by atoms with Gasteiger partial charge in [-0.15, -0.1) is 0 Å². The summed E-state index contributed by atoms with van der Waals surface area (Å²) in [4.78, 5) is 12.8. The van der Waals surface area contributed by atoms with Crippen LogP contribution in [0.5, 0.6) is 0 Å². The van der Waals surface area contributed by atoms with E-state index in [2.05, 4.69) is 32.2 Å². The number of carbonyl (C=O) groups is 1. The average molecular weight is 307 g/mol. The summed E-state index contributed by atoms with van der Waals surface area (Å²) in [7, 11) is 0. The third-order valence-electron chi connectivity index (χ3n) is 4.46. The first kappa shape index (κ1) is 16.2. The molecule has 0 radical (unpaired) electrons. The maximum atomic E-state index is 12.8. The molecule has 3 nitrogen and oxygen atoms in total. The summed E-state index contributed by atoms with van der Waals surface area (Å²) >= 11 is 1.82. The molecule has 21 heavy (non-hydrogen) atoms. The summed E-state index contributed by atoms with van der Waals surface area (Å²) in [6.07, 6.45) is 0.995. The lowest BCUT2D eigenvalue weighted by Gasteiger charge is -2.48. The van der Waals surface area contributed by atoms with Gasteiger partial charge in [-0.05, 0) is 37.7 Å². The largest absolute Gasteiger partial charge is 0.464 e. The number of aryl methyl sites for hydroxylation is 1. The molecule has 1 saturated heterocycles. The molecule has 1 aromatic rings. The molecule has 1 aromatic carbocycles. The van der Waals surface area contributed by atoms with Crippen LogP contribution in [0.3, 0.4) is 0 Å². The van der Waals surface area contributed by atoms with Crippen molar-refractivity contribution in [3.63, 3.8) is 0 Å². The summed E-state index contributed by atoms with van der Waals surface area (Å²) in [6, 6.07) is 8.10. The number of hydrogen-bond acceptors (Lipinski definition) is 4. The minimum Gasteiger partial charge on any atom is -0.464 e. The number of anilines is 1. The van der Waals surface area contributed by atoms with Gasteiger partial charge in [-0.3, -0.25) is 0 Å². The van der Waals surface area contributed by atoms with Crippen molar-refractivity contribution < 1.29 is 9.53 Å². The average Bonchev–Trinajstić information content (AvgIpc) is 2.43. The summed E-state index contributed by atoms with van der Waals surface area (Å²) in [6.45, 7) is 8.66. The van der Waals surface area contributed by atoms with E-state index in [0.717, 1.165) is 29.2 Å². The Labute approximate surface area is 131 Å². The first-order valence-electron chi connectivity index (χ1n) is 7.52. The van der Waals surface area contributed by atoms with E-state index in [1.54, 1.807) is 0 Å². The molecule has 4 heteroatoms. The Hall–Kier alpha value is -1.16. The highest BCUT2D eigenvalue weighted by molar-refractivity contribution is 7.99. The normalized spacial score (nSPS) is 24.4. The smallest absolute Gasteiger partial charge is 0.333 e. The van der Waals surface area contributed by atoms with Crippen molar-refractivity contribution in [1.29, 1.82) is 0 Å². The summed E-state index contributed by atoms with van der Waals surface area (Å²) in [5.74, 6) is 1.70. The van der Waals surface area contributed by atoms with Crippen molar-refractivity contribution in [2.45, 2.75) is 39.7 Å². The van der Waals surface area contributed by atoms with Gasteiger partial charge in [0.25, 0.3) is 0 Å². The molecular weight excluding hydrogens is 282 g/mol. The van der Waals surface area contributed by atoms with Gasteiger partial charge in [0.15, 0.2) is 0 Å². The second kappa shape index (κ2) is 6.30. The number of thioether (sulfide) groups is 1. The van der Waals surface area contributed by atoms with Crippen molar-refractivity contribution in [2.24, 2.45) is 5.41 Å². The molecule has 1 aliphatic heterocycles. The van der Waals surface area contributed by atoms with Crippen molar-refractivity contribution in [3.8, 4) is 0 Å². The molecule has 1 atom stereocenters. The van der Waals surface area contributed by atoms with Crippen LogP contribution in [0.4, 0.5) is 5.69 Å². The molecule has 0 bridgehead atoms. The highest BCUT2D eigenvalue weighted by Crippen LogP contribution is 2.45. The number of rotatable bonds is 4. The molecule has 0 aromatic heterocycles. The van der Waals surface area contributed by atoms with Crippen molar-refractivity contribution in [3.05, 3.63) is 29.8 Å². The Morgan fingerprint density at radius 3 is 2.71 bits per heavy atom. The maximum absolute atomic E-state index is 12.8.